The zero-order valence-electron chi connectivity index (χ0n) is 5.22. The van der Waals surface area contributed by atoms with Gasteiger partial charge in [0.15, 0.2) is 0 Å². The molecular weight excluding hydrogens is 102 g/mol. The minimum atomic E-state index is 0.370. The molecule has 2 unspecified atom stereocenters. The lowest BCUT2D eigenvalue weighted by atomic mass is 10.1. The highest BCUT2D eigenvalue weighted by molar-refractivity contribution is 4.76. The quantitative estimate of drug-likeness (QED) is 0.502. The first-order chi connectivity index (χ1) is 3.84. The maximum absolute atomic E-state index is 8.49. The van der Waals surface area contributed by atoms with Crippen LogP contribution in [-0.4, -0.2) is 11.2 Å². The minimum absolute atomic E-state index is 0.370. The van der Waals surface area contributed by atoms with E-state index in [1.165, 1.54) is 12.8 Å². The first-order valence-corrected chi connectivity index (χ1v) is 3.24. The molecule has 0 aromatic carbocycles. The van der Waals surface area contributed by atoms with Crippen LogP contribution in [0, 0.1) is 5.92 Å². The normalized spacial score (nSPS) is 38.2. The predicted octanol–water partition coefficient (Wildman–Crippen LogP) is 1.15. The van der Waals surface area contributed by atoms with Crippen molar-refractivity contribution in [1.29, 1.82) is 0 Å². The van der Waals surface area contributed by atoms with Gasteiger partial charge < -0.3 is 5.21 Å². The van der Waals surface area contributed by atoms with Crippen LogP contribution in [0.25, 0.3) is 0 Å². The van der Waals surface area contributed by atoms with Crippen LogP contribution in [0.5, 0.6) is 0 Å². The lowest BCUT2D eigenvalue weighted by molar-refractivity contribution is 0.111. The van der Waals surface area contributed by atoms with Crippen LogP contribution in [0.3, 0.4) is 0 Å². The molecule has 1 aliphatic rings. The number of rotatable bonds is 1. The smallest absolute Gasteiger partial charge is 0.0345 e. The fraction of sp³-hybridized carbons (Fsp3) is 1.00. The van der Waals surface area contributed by atoms with E-state index in [9.17, 15) is 0 Å². The summed E-state index contributed by atoms with van der Waals surface area (Å²) in [4.78, 5) is 0. The summed E-state index contributed by atoms with van der Waals surface area (Å²) in [6.45, 7) is 2.17. The van der Waals surface area contributed by atoms with E-state index < -0.39 is 0 Å². The molecule has 0 spiro atoms. The largest absolute Gasteiger partial charge is 0.317 e. The predicted molar refractivity (Wildman–Crippen MR) is 31.7 cm³/mol. The molecular formula is C6H13NO. The van der Waals surface area contributed by atoms with Gasteiger partial charge in [-0.3, -0.25) is 0 Å². The summed E-state index contributed by atoms with van der Waals surface area (Å²) in [5, 5.41) is 8.49. The van der Waals surface area contributed by atoms with Crippen molar-refractivity contribution in [2.24, 2.45) is 5.92 Å². The zero-order valence-corrected chi connectivity index (χ0v) is 5.22. The summed E-state index contributed by atoms with van der Waals surface area (Å²) in [5.41, 5.74) is 2.31. The van der Waals surface area contributed by atoms with Gasteiger partial charge in [-0.2, -0.15) is 0 Å². The van der Waals surface area contributed by atoms with Crippen molar-refractivity contribution in [3.8, 4) is 0 Å². The third-order valence-electron chi connectivity index (χ3n) is 2.03. The maximum atomic E-state index is 8.49. The summed E-state index contributed by atoms with van der Waals surface area (Å²) >= 11 is 0. The Bertz CT molecular complexity index is 74.9. The third kappa shape index (κ3) is 1.01. The van der Waals surface area contributed by atoms with E-state index in [1.54, 1.807) is 0 Å². The highest BCUT2D eigenvalue weighted by Crippen LogP contribution is 2.23. The van der Waals surface area contributed by atoms with E-state index in [-0.39, 0.29) is 0 Å². The molecule has 8 heavy (non-hydrogen) atoms. The molecule has 0 heterocycles. The standard InChI is InChI=1S/C6H13NO/c1-5-3-2-4-6(5)7-8/h5-8H,2-4H2,1H3. The van der Waals surface area contributed by atoms with Gasteiger partial charge in [-0.05, 0) is 18.8 Å². The highest BCUT2D eigenvalue weighted by atomic mass is 16.5. The lowest BCUT2D eigenvalue weighted by Crippen LogP contribution is -2.27. The number of hydroxylamine groups is 1. The lowest BCUT2D eigenvalue weighted by Gasteiger charge is -2.10. The SMILES string of the molecule is CC1CCCC1NO. The monoisotopic (exact) mass is 115 g/mol. The molecule has 0 aliphatic heterocycles. The van der Waals surface area contributed by atoms with Gasteiger partial charge in [-0.1, -0.05) is 13.3 Å². The molecule has 0 saturated heterocycles. The number of hydrogen-bond donors (Lipinski definition) is 2. The van der Waals surface area contributed by atoms with Crippen LogP contribution in [0.15, 0.2) is 0 Å². The van der Waals surface area contributed by atoms with Crippen molar-refractivity contribution in [3.05, 3.63) is 0 Å². The Morgan fingerprint density at radius 3 is 2.50 bits per heavy atom. The summed E-state index contributed by atoms with van der Waals surface area (Å²) < 4.78 is 0. The van der Waals surface area contributed by atoms with Gasteiger partial charge in [0.25, 0.3) is 0 Å². The maximum Gasteiger partial charge on any atom is 0.0345 e. The summed E-state index contributed by atoms with van der Waals surface area (Å²) in [7, 11) is 0. The Balaban J connectivity index is 2.30. The van der Waals surface area contributed by atoms with Crippen LogP contribution in [0.4, 0.5) is 0 Å². The number of nitrogens with one attached hydrogen (secondary N) is 1. The van der Waals surface area contributed by atoms with Crippen LogP contribution >= 0.6 is 0 Å². The molecule has 1 aliphatic carbocycles. The van der Waals surface area contributed by atoms with Crippen LogP contribution in [0.1, 0.15) is 26.2 Å². The molecule has 1 saturated carbocycles. The summed E-state index contributed by atoms with van der Waals surface area (Å²) in [6, 6.07) is 0.370. The van der Waals surface area contributed by atoms with Crippen molar-refractivity contribution in [1.82, 2.24) is 5.48 Å². The van der Waals surface area contributed by atoms with Gasteiger partial charge in [0, 0.05) is 6.04 Å². The molecule has 0 amide bonds. The van der Waals surface area contributed by atoms with E-state index in [4.69, 9.17) is 5.21 Å². The molecule has 2 heteroatoms. The van der Waals surface area contributed by atoms with E-state index >= 15 is 0 Å². The first-order valence-electron chi connectivity index (χ1n) is 3.24. The van der Waals surface area contributed by atoms with Crippen molar-refractivity contribution in [2.45, 2.75) is 32.2 Å². The van der Waals surface area contributed by atoms with Crippen molar-refractivity contribution in [2.75, 3.05) is 0 Å². The van der Waals surface area contributed by atoms with Gasteiger partial charge in [0.1, 0.15) is 0 Å². The van der Waals surface area contributed by atoms with Crippen LogP contribution in [0.2, 0.25) is 0 Å². The number of hydrogen-bond acceptors (Lipinski definition) is 2. The molecule has 0 aromatic rings. The Hall–Kier alpha value is -0.0800. The fourth-order valence-electron chi connectivity index (χ4n) is 1.34. The molecule has 0 bridgehead atoms. The third-order valence-corrected chi connectivity index (χ3v) is 2.03. The van der Waals surface area contributed by atoms with Gasteiger partial charge in [0.2, 0.25) is 0 Å². The molecule has 2 nitrogen and oxygen atoms in total. The Morgan fingerprint density at radius 2 is 2.25 bits per heavy atom. The molecule has 1 rings (SSSR count). The zero-order chi connectivity index (χ0) is 5.98. The van der Waals surface area contributed by atoms with E-state index in [1.807, 2.05) is 0 Å². The second kappa shape index (κ2) is 2.46. The van der Waals surface area contributed by atoms with Gasteiger partial charge >= 0.3 is 0 Å². The first kappa shape index (κ1) is 6.05. The van der Waals surface area contributed by atoms with Crippen molar-refractivity contribution >= 4 is 0 Å². The average molecular weight is 115 g/mol. The average Bonchev–Trinajstić information content (AvgIpc) is 2.14. The second-order valence-electron chi connectivity index (χ2n) is 2.64. The Kier molecular flexibility index (Phi) is 1.86. The molecule has 48 valence electrons. The Labute approximate surface area is 49.9 Å². The minimum Gasteiger partial charge on any atom is -0.317 e. The van der Waals surface area contributed by atoms with E-state index in [0.717, 1.165) is 6.42 Å². The van der Waals surface area contributed by atoms with Crippen LogP contribution in [-0.2, 0) is 0 Å². The summed E-state index contributed by atoms with van der Waals surface area (Å²) in [6.07, 6.45) is 3.66. The van der Waals surface area contributed by atoms with Crippen molar-refractivity contribution < 1.29 is 5.21 Å². The second-order valence-corrected chi connectivity index (χ2v) is 2.64. The van der Waals surface area contributed by atoms with Gasteiger partial charge in [-0.15, -0.1) is 0 Å². The summed E-state index contributed by atoms with van der Waals surface area (Å²) in [5.74, 6) is 0.667. The van der Waals surface area contributed by atoms with Crippen LogP contribution < -0.4 is 5.48 Å². The molecule has 0 radical (unpaired) electrons. The van der Waals surface area contributed by atoms with Crippen molar-refractivity contribution in [3.63, 3.8) is 0 Å². The molecule has 2 N–H and O–H groups in total. The molecule has 1 fully saturated rings. The highest BCUT2D eigenvalue weighted by Gasteiger charge is 2.21. The fourth-order valence-corrected chi connectivity index (χ4v) is 1.34. The van der Waals surface area contributed by atoms with Gasteiger partial charge in [0.05, 0.1) is 0 Å². The molecule has 2 atom stereocenters. The van der Waals surface area contributed by atoms with Gasteiger partial charge in [-0.25, -0.2) is 5.48 Å². The van der Waals surface area contributed by atoms with E-state index in [0.29, 0.717) is 12.0 Å². The van der Waals surface area contributed by atoms with E-state index in [2.05, 4.69) is 12.4 Å². The Morgan fingerprint density at radius 1 is 1.50 bits per heavy atom. The molecule has 0 aromatic heterocycles. The topological polar surface area (TPSA) is 32.3 Å².